The zero-order valence-corrected chi connectivity index (χ0v) is 12.6. The maximum absolute atomic E-state index is 5.30. The van der Waals surface area contributed by atoms with Crippen LogP contribution in [0.2, 0.25) is 0 Å². The first-order chi connectivity index (χ1) is 4.13. The van der Waals surface area contributed by atoms with Gasteiger partial charge in [-0.2, -0.15) is 0 Å². The minimum atomic E-state index is 0.988. The Labute approximate surface area is 107 Å². The molecule has 0 N–H and O–H groups in total. The number of halogens is 4. The van der Waals surface area contributed by atoms with E-state index in [1.807, 2.05) is 0 Å². The highest BCUT2D eigenvalue weighted by Crippen LogP contribution is 2.27. The van der Waals surface area contributed by atoms with Gasteiger partial charge in [0.1, 0.15) is 0 Å². The molecule has 1 rings (SSSR count). The van der Waals surface area contributed by atoms with E-state index in [9.17, 15) is 0 Å². The molecule has 0 aliphatic heterocycles. The first-order valence-corrected chi connectivity index (χ1v) is 6.23. The molecule has 0 spiro atoms. The van der Waals surface area contributed by atoms with Gasteiger partial charge in [-0.1, -0.05) is 0 Å². The number of hydrogen-bond acceptors (Lipinski definition) is 1. The average Bonchev–Trinajstić information content (AvgIpc) is 1.98. The van der Waals surface area contributed by atoms with Crippen LogP contribution in [0.15, 0.2) is 4.42 Å². The second kappa shape index (κ2) is 3.74. The number of rotatable bonds is 0. The van der Waals surface area contributed by atoms with Crippen LogP contribution in [0.5, 0.6) is 0 Å². The van der Waals surface area contributed by atoms with E-state index < -0.39 is 0 Å². The molecule has 1 nitrogen and oxygen atoms in total. The minimum Gasteiger partial charge on any atom is -0.442 e. The Bertz CT molecular complexity index is 206. The Morgan fingerprint density at radius 3 is 1.22 bits per heavy atom. The first kappa shape index (κ1) is 9.29. The first-order valence-electron chi connectivity index (χ1n) is 1.91. The SMILES string of the molecule is Ic1oc(I)c(I)c1I. The smallest absolute Gasteiger partial charge is 0.179 e. The fourth-order valence-electron chi connectivity index (χ4n) is 0.341. The normalized spacial score (nSPS) is 10.2. The van der Waals surface area contributed by atoms with Crippen LogP contribution in [0.1, 0.15) is 0 Å². The van der Waals surface area contributed by atoms with Crippen molar-refractivity contribution in [2.45, 2.75) is 0 Å². The molecule has 9 heavy (non-hydrogen) atoms. The van der Waals surface area contributed by atoms with Crippen molar-refractivity contribution in [2.24, 2.45) is 0 Å². The van der Waals surface area contributed by atoms with E-state index in [-0.39, 0.29) is 0 Å². The molecule has 0 unspecified atom stereocenters. The Kier molecular flexibility index (Phi) is 3.86. The minimum absolute atomic E-state index is 0.988. The molecule has 0 saturated heterocycles. The van der Waals surface area contributed by atoms with Gasteiger partial charge in [-0.25, -0.2) is 0 Å². The second-order valence-corrected chi connectivity index (χ2v) is 5.39. The maximum Gasteiger partial charge on any atom is 0.179 e. The molecule has 0 fully saturated rings. The van der Waals surface area contributed by atoms with Gasteiger partial charge in [0.05, 0.1) is 7.14 Å². The largest absolute Gasteiger partial charge is 0.442 e. The molecule has 0 radical (unpaired) electrons. The summed E-state index contributed by atoms with van der Waals surface area (Å²) in [4.78, 5) is 0. The summed E-state index contributed by atoms with van der Waals surface area (Å²) in [7, 11) is 0. The van der Waals surface area contributed by atoms with Crippen LogP contribution in [0, 0.1) is 14.7 Å². The summed E-state index contributed by atoms with van der Waals surface area (Å²) in [6, 6.07) is 0. The molecule has 5 heteroatoms. The lowest BCUT2D eigenvalue weighted by molar-refractivity contribution is 0.507. The van der Waals surface area contributed by atoms with Crippen molar-refractivity contribution in [1.82, 2.24) is 0 Å². The summed E-state index contributed by atoms with van der Waals surface area (Å²) in [5, 5.41) is 0. The van der Waals surface area contributed by atoms with Crippen molar-refractivity contribution in [3.63, 3.8) is 0 Å². The van der Waals surface area contributed by atoms with E-state index in [0.717, 1.165) is 7.53 Å². The third kappa shape index (κ3) is 2.07. The van der Waals surface area contributed by atoms with Crippen LogP contribution in [0.3, 0.4) is 0 Å². The van der Waals surface area contributed by atoms with Gasteiger partial charge in [0.25, 0.3) is 0 Å². The van der Waals surface area contributed by atoms with Gasteiger partial charge in [-0.15, -0.1) is 0 Å². The van der Waals surface area contributed by atoms with Crippen LogP contribution >= 0.6 is 90.4 Å². The van der Waals surface area contributed by atoms with Crippen molar-refractivity contribution in [2.75, 3.05) is 0 Å². The molecule has 1 aromatic heterocycles. The van der Waals surface area contributed by atoms with E-state index >= 15 is 0 Å². The molecule has 0 aliphatic rings. The van der Waals surface area contributed by atoms with Crippen LogP contribution in [0.25, 0.3) is 0 Å². The monoisotopic (exact) mass is 572 g/mol. The molecule has 0 bridgehead atoms. The maximum atomic E-state index is 5.30. The molecule has 1 aromatic rings. The van der Waals surface area contributed by atoms with E-state index in [4.69, 9.17) is 4.42 Å². The van der Waals surface area contributed by atoms with E-state index in [1.165, 1.54) is 7.14 Å². The van der Waals surface area contributed by atoms with Gasteiger partial charge >= 0.3 is 0 Å². The lowest BCUT2D eigenvalue weighted by Gasteiger charge is -1.78. The lowest BCUT2D eigenvalue weighted by Crippen LogP contribution is -1.71. The summed E-state index contributed by atoms with van der Waals surface area (Å²) in [5.41, 5.74) is 0. The molecule has 0 aromatic carbocycles. The van der Waals surface area contributed by atoms with Crippen LogP contribution in [-0.4, -0.2) is 0 Å². The van der Waals surface area contributed by atoms with E-state index in [0.29, 0.717) is 0 Å². The number of hydrogen-bond donors (Lipinski definition) is 0. The highest BCUT2D eigenvalue weighted by molar-refractivity contribution is 14.1. The van der Waals surface area contributed by atoms with Gasteiger partial charge in [0.15, 0.2) is 7.53 Å². The van der Waals surface area contributed by atoms with Crippen molar-refractivity contribution in [1.29, 1.82) is 0 Å². The van der Waals surface area contributed by atoms with Gasteiger partial charge < -0.3 is 4.42 Å². The molecule has 0 saturated carbocycles. The third-order valence-electron chi connectivity index (χ3n) is 0.717. The molecule has 50 valence electrons. The topological polar surface area (TPSA) is 13.1 Å². The van der Waals surface area contributed by atoms with Crippen molar-refractivity contribution >= 4 is 90.4 Å². The molecule has 0 aliphatic carbocycles. The van der Waals surface area contributed by atoms with Crippen LogP contribution < -0.4 is 0 Å². The Hall–Kier alpha value is 2.20. The Morgan fingerprint density at radius 1 is 0.778 bits per heavy atom. The predicted molar refractivity (Wildman–Crippen MR) is 69.6 cm³/mol. The van der Waals surface area contributed by atoms with Crippen molar-refractivity contribution in [3.8, 4) is 0 Å². The Balaban J connectivity index is 3.29. The zero-order chi connectivity index (χ0) is 7.02. The third-order valence-corrected chi connectivity index (χ3v) is 7.39. The standard InChI is InChI=1S/C4I4O/c5-1-2(6)4(8)9-3(1)7. The quantitative estimate of drug-likeness (QED) is 0.433. The molecular weight excluding hydrogens is 572 g/mol. The second-order valence-electron chi connectivity index (χ2n) is 1.28. The van der Waals surface area contributed by atoms with Gasteiger partial charge in [-0.05, 0) is 45.2 Å². The summed E-state index contributed by atoms with van der Waals surface area (Å²) in [5.74, 6) is 0. The van der Waals surface area contributed by atoms with E-state index in [2.05, 4.69) is 90.4 Å². The molecule has 0 atom stereocenters. The lowest BCUT2D eigenvalue weighted by atomic mass is 10.7. The average molecular weight is 572 g/mol. The van der Waals surface area contributed by atoms with Crippen molar-refractivity contribution in [3.05, 3.63) is 14.7 Å². The molecule has 0 amide bonds. The summed E-state index contributed by atoms with van der Waals surface area (Å²) >= 11 is 8.93. The zero-order valence-electron chi connectivity index (χ0n) is 3.92. The Morgan fingerprint density at radius 2 is 1.11 bits per heavy atom. The van der Waals surface area contributed by atoms with Crippen molar-refractivity contribution < 1.29 is 4.42 Å². The fraction of sp³-hybridized carbons (Fsp3) is 0. The van der Waals surface area contributed by atoms with Crippen LogP contribution in [-0.2, 0) is 0 Å². The van der Waals surface area contributed by atoms with Gasteiger partial charge in [0.2, 0.25) is 0 Å². The van der Waals surface area contributed by atoms with Gasteiger partial charge in [0, 0.05) is 45.2 Å². The van der Waals surface area contributed by atoms with Gasteiger partial charge in [-0.3, -0.25) is 0 Å². The highest BCUT2D eigenvalue weighted by Gasteiger charge is 2.10. The fourth-order valence-corrected chi connectivity index (χ4v) is 3.48. The number of furan rings is 1. The summed E-state index contributed by atoms with van der Waals surface area (Å²) in [6.45, 7) is 0. The van der Waals surface area contributed by atoms with E-state index in [1.54, 1.807) is 0 Å². The summed E-state index contributed by atoms with van der Waals surface area (Å²) < 4.78 is 9.72. The molecular formula is C4I4O. The summed E-state index contributed by atoms with van der Waals surface area (Å²) in [6.07, 6.45) is 0. The predicted octanol–water partition coefficient (Wildman–Crippen LogP) is 3.70. The van der Waals surface area contributed by atoms with Crippen LogP contribution in [0.4, 0.5) is 0 Å². The molecule has 1 heterocycles. The highest BCUT2D eigenvalue weighted by atomic mass is 127.